The highest BCUT2D eigenvalue weighted by Gasteiger charge is 2.10. The molecule has 120 valence electrons. The maximum Gasteiger partial charge on any atom is 0.469 e. The van der Waals surface area contributed by atoms with Crippen molar-refractivity contribution in [2.24, 2.45) is 0 Å². The molecule has 1 unspecified atom stereocenters. The minimum atomic E-state index is -4.17. The van der Waals surface area contributed by atoms with Crippen molar-refractivity contribution in [3.05, 3.63) is 0 Å². The van der Waals surface area contributed by atoms with Gasteiger partial charge in [-0.3, -0.25) is 4.52 Å². The number of hydrogen-bond acceptors (Lipinski definition) is 5. The first-order chi connectivity index (χ1) is 8.39. The molecule has 0 radical (unpaired) electrons. The quantitative estimate of drug-likeness (QED) is 0.331. The van der Waals surface area contributed by atoms with Gasteiger partial charge in [0.25, 0.3) is 0 Å². The van der Waals surface area contributed by atoms with Crippen LogP contribution in [-0.2, 0) is 9.09 Å². The van der Waals surface area contributed by atoms with Crippen LogP contribution in [0.5, 0.6) is 0 Å². The summed E-state index contributed by atoms with van der Waals surface area (Å²) in [6.45, 7) is 4.06. The van der Waals surface area contributed by atoms with E-state index in [1.807, 2.05) is 0 Å². The Hall–Kier alpha value is -0.0500. The maximum absolute atomic E-state index is 9.70. The number of aliphatic hydroxyl groups is 3. The van der Waals surface area contributed by atoms with Crippen LogP contribution in [0.3, 0.4) is 0 Å². The molecule has 0 bridgehead atoms. The molecule has 5 N–H and O–H groups in total. The van der Waals surface area contributed by atoms with Gasteiger partial charge in [0.1, 0.15) is 6.54 Å². The van der Waals surface area contributed by atoms with Crippen molar-refractivity contribution in [2.75, 3.05) is 47.5 Å². The van der Waals surface area contributed by atoms with Crippen molar-refractivity contribution in [2.45, 2.75) is 20.0 Å². The molecular formula is C10H29NO7P+. The van der Waals surface area contributed by atoms with Crippen molar-refractivity contribution >= 4 is 7.82 Å². The zero-order valence-corrected chi connectivity index (χ0v) is 13.2. The Kier molecular flexibility index (Phi) is 16.4. The van der Waals surface area contributed by atoms with Crippen LogP contribution < -0.4 is 0 Å². The van der Waals surface area contributed by atoms with E-state index in [9.17, 15) is 4.57 Å². The van der Waals surface area contributed by atoms with Gasteiger partial charge in [0, 0.05) is 0 Å². The molecule has 8 nitrogen and oxygen atoms in total. The van der Waals surface area contributed by atoms with Crippen LogP contribution in [0.1, 0.15) is 13.8 Å². The molecule has 0 saturated carbocycles. The first kappa shape index (κ1) is 24.0. The highest BCUT2D eigenvalue weighted by atomic mass is 31.2. The molecule has 0 heterocycles. The molecule has 0 aromatic heterocycles. The van der Waals surface area contributed by atoms with Gasteiger partial charge < -0.3 is 29.6 Å². The van der Waals surface area contributed by atoms with Crippen molar-refractivity contribution in [1.82, 2.24) is 0 Å². The Morgan fingerprint density at radius 3 is 1.58 bits per heavy atom. The van der Waals surface area contributed by atoms with Gasteiger partial charge in [-0.2, -0.15) is 0 Å². The fraction of sp³-hybridized carbons (Fsp3) is 1.00. The molecule has 0 aliphatic rings. The number of likely N-dealkylation sites (N-methyl/N-ethyl adjacent to an activating group) is 1. The van der Waals surface area contributed by atoms with Crippen LogP contribution in [0.4, 0.5) is 0 Å². The zero-order valence-electron chi connectivity index (χ0n) is 12.4. The van der Waals surface area contributed by atoms with Gasteiger partial charge in [0.2, 0.25) is 0 Å². The molecule has 1 atom stereocenters. The van der Waals surface area contributed by atoms with Crippen LogP contribution in [0.25, 0.3) is 0 Å². The van der Waals surface area contributed by atoms with Crippen molar-refractivity contribution < 1.29 is 38.7 Å². The van der Waals surface area contributed by atoms with E-state index in [0.717, 1.165) is 11.0 Å². The van der Waals surface area contributed by atoms with Crippen LogP contribution in [0.15, 0.2) is 0 Å². The minimum Gasteiger partial charge on any atom is -0.394 e. The number of aliphatic hydroxyl groups excluding tert-OH is 3. The lowest BCUT2D eigenvalue weighted by Gasteiger charge is -2.21. The Labute approximate surface area is 115 Å². The average molecular weight is 306 g/mol. The lowest BCUT2D eigenvalue weighted by atomic mass is 10.5. The number of hydrogen-bond donors (Lipinski definition) is 5. The number of quaternary nitrogens is 1. The highest BCUT2D eigenvalue weighted by molar-refractivity contribution is 7.46. The van der Waals surface area contributed by atoms with Gasteiger partial charge in [-0.25, -0.2) is 4.57 Å². The number of phosphoric acid groups is 1. The summed E-state index contributed by atoms with van der Waals surface area (Å²) in [4.78, 5) is 15.8. The first-order valence-electron chi connectivity index (χ1n) is 5.80. The third-order valence-electron chi connectivity index (χ3n) is 1.33. The maximum atomic E-state index is 9.70. The molecule has 0 rings (SSSR count). The Bertz CT molecular complexity index is 224. The predicted molar refractivity (Wildman–Crippen MR) is 72.4 cm³/mol. The molecule has 19 heavy (non-hydrogen) atoms. The summed E-state index contributed by atoms with van der Waals surface area (Å²) in [5, 5.41) is 24.4. The summed E-state index contributed by atoms with van der Waals surface area (Å²) in [7, 11) is 1.99. The summed E-state index contributed by atoms with van der Waals surface area (Å²) >= 11 is 0. The van der Waals surface area contributed by atoms with E-state index in [-0.39, 0.29) is 19.8 Å². The van der Waals surface area contributed by atoms with E-state index >= 15 is 0 Å². The van der Waals surface area contributed by atoms with Crippen LogP contribution in [-0.4, -0.2) is 83.2 Å². The van der Waals surface area contributed by atoms with Crippen LogP contribution in [0, 0.1) is 0 Å². The Morgan fingerprint density at radius 1 is 1.21 bits per heavy atom. The Balaban J connectivity index is -0.000000206. The largest absolute Gasteiger partial charge is 0.469 e. The molecule has 0 saturated heterocycles. The lowest BCUT2D eigenvalue weighted by Crippen LogP contribution is -2.36. The summed E-state index contributed by atoms with van der Waals surface area (Å²) in [6.07, 6.45) is -0.560. The number of nitrogens with zero attached hydrogens (tertiary/aromatic N) is 1. The predicted octanol–water partition coefficient (Wildman–Crippen LogP) is -0.840. The van der Waals surface area contributed by atoms with Crippen molar-refractivity contribution in [1.29, 1.82) is 0 Å². The molecule has 0 fully saturated rings. The summed E-state index contributed by atoms with van der Waals surface area (Å²) < 4.78 is 14.4. The van der Waals surface area contributed by atoms with E-state index in [2.05, 4.69) is 25.7 Å². The number of rotatable bonds is 5. The molecular weight excluding hydrogens is 277 g/mol. The standard InChI is InChI=1S/C5H14NO.C3H8O2.C2H7O4P/c1-6(2,3)4-5-7;1-3(5)2-4;1-2-6-7(3,4)5/h7H,4-5H2,1-3H3;3-5H,2H2,1H3;2H2,1H3,(H2,3,4,5)/q+1;;. The fourth-order valence-corrected chi connectivity index (χ4v) is 0.805. The second kappa shape index (κ2) is 13.0. The molecule has 0 aromatic carbocycles. The van der Waals surface area contributed by atoms with E-state index in [0.29, 0.717) is 0 Å². The number of phosphoric ester groups is 1. The Morgan fingerprint density at radius 2 is 1.58 bits per heavy atom. The first-order valence-corrected chi connectivity index (χ1v) is 7.33. The molecule has 9 heteroatoms. The monoisotopic (exact) mass is 306 g/mol. The normalized spacial score (nSPS) is 12.7. The van der Waals surface area contributed by atoms with Crippen molar-refractivity contribution in [3.63, 3.8) is 0 Å². The fourth-order valence-electron chi connectivity index (χ4n) is 0.468. The summed E-state index contributed by atoms with van der Waals surface area (Å²) in [6, 6.07) is 0. The van der Waals surface area contributed by atoms with Gasteiger partial charge >= 0.3 is 7.82 Å². The average Bonchev–Trinajstić information content (AvgIpc) is 2.15. The van der Waals surface area contributed by atoms with E-state index in [4.69, 9.17) is 25.1 Å². The molecule has 0 aromatic rings. The molecule has 0 amide bonds. The van der Waals surface area contributed by atoms with Gasteiger partial charge in [-0.1, -0.05) is 0 Å². The summed E-state index contributed by atoms with van der Waals surface area (Å²) in [5.41, 5.74) is 0. The second-order valence-electron chi connectivity index (χ2n) is 4.68. The topological polar surface area (TPSA) is 127 Å². The third kappa shape index (κ3) is 46.1. The third-order valence-corrected chi connectivity index (χ3v) is 1.93. The van der Waals surface area contributed by atoms with Gasteiger partial charge in [-0.15, -0.1) is 0 Å². The van der Waals surface area contributed by atoms with E-state index in [1.54, 1.807) is 0 Å². The zero-order chi connectivity index (χ0) is 16.1. The van der Waals surface area contributed by atoms with Gasteiger partial charge in [0.15, 0.2) is 0 Å². The van der Waals surface area contributed by atoms with Gasteiger partial charge in [0.05, 0.1) is 47.1 Å². The molecule has 0 aliphatic carbocycles. The van der Waals surface area contributed by atoms with Crippen molar-refractivity contribution in [3.8, 4) is 0 Å². The van der Waals surface area contributed by atoms with Crippen LogP contribution in [0.2, 0.25) is 0 Å². The summed E-state index contributed by atoms with van der Waals surface area (Å²) in [5.74, 6) is 0. The minimum absolute atomic E-state index is 0.0459. The van der Waals surface area contributed by atoms with E-state index in [1.165, 1.54) is 13.8 Å². The smallest absolute Gasteiger partial charge is 0.394 e. The second-order valence-corrected chi connectivity index (χ2v) is 5.92. The molecule has 0 aliphatic heterocycles. The SMILES string of the molecule is CC(O)CO.CCOP(=O)(O)O.C[N+](C)(C)CCO. The lowest BCUT2D eigenvalue weighted by molar-refractivity contribution is -0.870. The van der Waals surface area contributed by atoms with Gasteiger partial charge in [-0.05, 0) is 13.8 Å². The molecule has 0 spiro atoms. The highest BCUT2D eigenvalue weighted by Crippen LogP contribution is 2.34. The van der Waals surface area contributed by atoms with Crippen LogP contribution >= 0.6 is 7.82 Å². The van der Waals surface area contributed by atoms with E-state index < -0.39 is 13.9 Å².